The molecule has 0 spiro atoms. The van der Waals surface area contributed by atoms with E-state index in [1.54, 1.807) is 13.3 Å². The summed E-state index contributed by atoms with van der Waals surface area (Å²) in [6, 6.07) is 13.7. The number of carbonyl (C=O) groups excluding carboxylic acids is 1. The van der Waals surface area contributed by atoms with Gasteiger partial charge in [0.1, 0.15) is 11.4 Å². The van der Waals surface area contributed by atoms with Gasteiger partial charge in [0.15, 0.2) is 5.78 Å². The smallest absolute Gasteiger partial charge is 0.224 e. The second-order valence-corrected chi connectivity index (χ2v) is 8.62. The molecular weight excluding hydrogens is 420 g/mol. The van der Waals surface area contributed by atoms with Gasteiger partial charge < -0.3 is 10.1 Å². The largest absolute Gasteiger partial charge is 0.497 e. The van der Waals surface area contributed by atoms with E-state index in [0.717, 1.165) is 45.6 Å². The van der Waals surface area contributed by atoms with Crippen LogP contribution in [0.5, 0.6) is 5.75 Å². The van der Waals surface area contributed by atoms with E-state index in [-0.39, 0.29) is 11.8 Å². The molecule has 6 nitrogen and oxygen atoms in total. The minimum absolute atomic E-state index is 0.0377. The highest BCUT2D eigenvalue weighted by molar-refractivity contribution is 7.17. The standard InChI is InChI=1S/C25H26N4O2S/c1-16-15-32-24-22(16)28-25(27-17(2)20-11-4-5-13-26-20)29-23(24)21(30)12-7-9-18-8-6-10-19(14-18)31-3/h4-6,8,10-11,13-15,17H,7,9,12H2,1-3H3,(H,27,28,29)/t17-/m0/s1. The van der Waals surface area contributed by atoms with Crippen LogP contribution >= 0.6 is 11.3 Å². The highest BCUT2D eigenvalue weighted by atomic mass is 32.1. The Morgan fingerprint density at radius 2 is 2.06 bits per heavy atom. The third-order valence-corrected chi connectivity index (χ3v) is 6.43. The van der Waals surface area contributed by atoms with E-state index < -0.39 is 0 Å². The summed E-state index contributed by atoms with van der Waals surface area (Å²) < 4.78 is 6.14. The highest BCUT2D eigenvalue weighted by Crippen LogP contribution is 2.29. The summed E-state index contributed by atoms with van der Waals surface area (Å²) in [5.74, 6) is 1.32. The first-order chi connectivity index (χ1) is 15.5. The van der Waals surface area contributed by atoms with Crippen LogP contribution in [0.2, 0.25) is 0 Å². The van der Waals surface area contributed by atoms with Crippen LogP contribution in [0.3, 0.4) is 0 Å². The van der Waals surface area contributed by atoms with Gasteiger partial charge >= 0.3 is 0 Å². The van der Waals surface area contributed by atoms with Gasteiger partial charge in [-0.15, -0.1) is 11.3 Å². The molecule has 3 heterocycles. The van der Waals surface area contributed by atoms with E-state index in [2.05, 4.69) is 26.3 Å². The third-order valence-electron chi connectivity index (χ3n) is 5.34. The summed E-state index contributed by atoms with van der Waals surface area (Å²) in [6.45, 7) is 4.01. The first-order valence-electron chi connectivity index (χ1n) is 10.6. The lowest BCUT2D eigenvalue weighted by atomic mass is 10.0. The first kappa shape index (κ1) is 21.9. The fourth-order valence-corrected chi connectivity index (χ4v) is 4.58. The minimum atomic E-state index is -0.0800. The Hall–Kier alpha value is -3.32. The second-order valence-electron chi connectivity index (χ2n) is 7.74. The summed E-state index contributed by atoms with van der Waals surface area (Å²) in [6.07, 6.45) is 3.74. The van der Waals surface area contributed by atoms with Crippen LogP contribution in [0.4, 0.5) is 5.95 Å². The third kappa shape index (κ3) is 4.94. The molecule has 164 valence electrons. The number of anilines is 1. The maximum Gasteiger partial charge on any atom is 0.224 e. The van der Waals surface area contributed by atoms with Crippen molar-refractivity contribution in [2.24, 2.45) is 0 Å². The molecule has 0 saturated carbocycles. The Morgan fingerprint density at radius 1 is 1.19 bits per heavy atom. The number of benzene rings is 1. The molecule has 0 bridgehead atoms. The molecule has 0 aliphatic rings. The fourth-order valence-electron chi connectivity index (χ4n) is 3.59. The number of ketones is 1. The Labute approximate surface area is 191 Å². The summed E-state index contributed by atoms with van der Waals surface area (Å²) in [7, 11) is 1.66. The Balaban J connectivity index is 1.52. The molecule has 4 aromatic rings. The van der Waals surface area contributed by atoms with Crippen molar-refractivity contribution < 1.29 is 9.53 Å². The summed E-state index contributed by atoms with van der Waals surface area (Å²) in [5.41, 5.74) is 4.42. The molecule has 1 aromatic carbocycles. The Kier molecular flexibility index (Phi) is 6.75. The topological polar surface area (TPSA) is 77.0 Å². The van der Waals surface area contributed by atoms with Crippen LogP contribution in [-0.4, -0.2) is 27.8 Å². The average Bonchev–Trinajstić information content (AvgIpc) is 3.19. The first-order valence-corrected chi connectivity index (χ1v) is 11.5. The molecule has 0 amide bonds. The number of rotatable bonds is 9. The van der Waals surface area contributed by atoms with Crippen molar-refractivity contribution in [2.75, 3.05) is 12.4 Å². The molecule has 0 aliphatic heterocycles. The van der Waals surface area contributed by atoms with Gasteiger partial charge in [-0.2, -0.15) is 0 Å². The molecule has 0 unspecified atom stereocenters. The van der Waals surface area contributed by atoms with Gasteiger partial charge in [0.25, 0.3) is 0 Å². The van der Waals surface area contributed by atoms with Crippen molar-refractivity contribution in [1.29, 1.82) is 0 Å². The Bertz CT molecular complexity index is 1220. The number of aryl methyl sites for hydroxylation is 2. The highest BCUT2D eigenvalue weighted by Gasteiger charge is 2.19. The zero-order valence-corrected chi connectivity index (χ0v) is 19.3. The van der Waals surface area contributed by atoms with Crippen LogP contribution in [0.25, 0.3) is 10.2 Å². The number of thiophene rings is 1. The van der Waals surface area contributed by atoms with E-state index in [1.165, 1.54) is 11.3 Å². The zero-order chi connectivity index (χ0) is 22.5. The second kappa shape index (κ2) is 9.87. The molecule has 1 N–H and O–H groups in total. The summed E-state index contributed by atoms with van der Waals surface area (Å²) in [4.78, 5) is 26.8. The van der Waals surface area contributed by atoms with Gasteiger partial charge in [0.05, 0.1) is 29.1 Å². The number of nitrogens with one attached hydrogen (secondary N) is 1. The van der Waals surface area contributed by atoms with Crippen LogP contribution < -0.4 is 10.1 Å². The van der Waals surface area contributed by atoms with E-state index in [4.69, 9.17) is 4.74 Å². The number of Topliss-reactive ketones (excluding diaryl/α,β-unsaturated/α-hetero) is 1. The van der Waals surface area contributed by atoms with Gasteiger partial charge in [0.2, 0.25) is 5.95 Å². The van der Waals surface area contributed by atoms with Crippen LogP contribution in [-0.2, 0) is 6.42 Å². The van der Waals surface area contributed by atoms with Gasteiger partial charge in [0, 0.05) is 12.6 Å². The molecule has 4 rings (SSSR count). The zero-order valence-electron chi connectivity index (χ0n) is 18.5. The van der Waals surface area contributed by atoms with Crippen molar-refractivity contribution in [2.45, 2.75) is 39.2 Å². The number of hydrogen-bond acceptors (Lipinski definition) is 7. The predicted molar refractivity (Wildman–Crippen MR) is 129 cm³/mol. The minimum Gasteiger partial charge on any atom is -0.497 e. The quantitative estimate of drug-likeness (QED) is 0.328. The number of fused-ring (bicyclic) bond motifs is 1. The average molecular weight is 447 g/mol. The van der Waals surface area contributed by atoms with Gasteiger partial charge in [-0.3, -0.25) is 9.78 Å². The van der Waals surface area contributed by atoms with Gasteiger partial charge in [-0.25, -0.2) is 9.97 Å². The lowest BCUT2D eigenvalue weighted by molar-refractivity contribution is 0.0977. The maximum absolute atomic E-state index is 13.1. The van der Waals surface area contributed by atoms with E-state index >= 15 is 0 Å². The van der Waals surface area contributed by atoms with Crippen molar-refractivity contribution in [3.63, 3.8) is 0 Å². The lowest BCUT2D eigenvalue weighted by Gasteiger charge is -2.14. The maximum atomic E-state index is 13.1. The van der Waals surface area contributed by atoms with Crippen LogP contribution in [0.15, 0.2) is 54.0 Å². The lowest BCUT2D eigenvalue weighted by Crippen LogP contribution is -2.13. The van der Waals surface area contributed by atoms with E-state index in [1.807, 2.05) is 55.6 Å². The molecule has 32 heavy (non-hydrogen) atoms. The van der Waals surface area contributed by atoms with Gasteiger partial charge in [-0.05, 0) is 67.5 Å². The normalized spacial score (nSPS) is 12.0. The fraction of sp³-hybridized carbons (Fsp3) is 0.280. The van der Waals surface area contributed by atoms with Crippen molar-refractivity contribution >= 4 is 33.3 Å². The van der Waals surface area contributed by atoms with E-state index in [9.17, 15) is 4.79 Å². The number of methoxy groups -OCH3 is 1. The number of ether oxygens (including phenoxy) is 1. The number of pyridine rings is 1. The van der Waals surface area contributed by atoms with E-state index in [0.29, 0.717) is 18.1 Å². The molecule has 1 atom stereocenters. The van der Waals surface area contributed by atoms with Crippen molar-refractivity contribution in [1.82, 2.24) is 15.0 Å². The molecule has 3 aromatic heterocycles. The summed E-state index contributed by atoms with van der Waals surface area (Å²) >= 11 is 1.53. The predicted octanol–water partition coefficient (Wildman–Crippen LogP) is 5.78. The SMILES string of the molecule is COc1cccc(CCCC(=O)c2nc(N[C@@H](C)c3ccccn3)nc3c(C)csc23)c1. The molecular formula is C25H26N4O2S. The number of aromatic nitrogens is 3. The van der Waals surface area contributed by atoms with Crippen molar-refractivity contribution in [3.05, 3.63) is 76.6 Å². The molecule has 0 aliphatic carbocycles. The molecule has 7 heteroatoms. The number of hydrogen-bond donors (Lipinski definition) is 1. The van der Waals surface area contributed by atoms with Crippen molar-refractivity contribution in [3.8, 4) is 5.75 Å². The van der Waals surface area contributed by atoms with Gasteiger partial charge in [-0.1, -0.05) is 18.2 Å². The van der Waals surface area contributed by atoms with Crippen LogP contribution in [0.1, 0.15) is 53.1 Å². The molecule has 0 radical (unpaired) electrons. The monoisotopic (exact) mass is 446 g/mol. The van der Waals surface area contributed by atoms with Crippen LogP contribution in [0, 0.1) is 6.92 Å². The molecule has 0 fully saturated rings. The number of carbonyl (C=O) groups is 1. The number of nitrogens with zero attached hydrogens (tertiary/aromatic N) is 3. The molecule has 0 saturated heterocycles. The Morgan fingerprint density at radius 3 is 2.84 bits per heavy atom. The summed E-state index contributed by atoms with van der Waals surface area (Å²) in [5, 5.41) is 5.34.